The van der Waals surface area contributed by atoms with Crippen molar-refractivity contribution in [2.75, 3.05) is 27.2 Å². The van der Waals surface area contributed by atoms with Gasteiger partial charge in [-0.15, -0.1) is 0 Å². The van der Waals surface area contributed by atoms with Crippen LogP contribution in [0.1, 0.15) is 16.7 Å². The van der Waals surface area contributed by atoms with Crippen molar-refractivity contribution in [3.63, 3.8) is 0 Å². The van der Waals surface area contributed by atoms with Gasteiger partial charge in [0.15, 0.2) is 5.96 Å². The van der Waals surface area contributed by atoms with Gasteiger partial charge in [-0.25, -0.2) is 13.1 Å². The summed E-state index contributed by atoms with van der Waals surface area (Å²) in [5, 5.41) is 6.29. The molecule has 0 amide bonds. The number of sulfonamides is 1. The molecule has 0 aromatic heterocycles. The van der Waals surface area contributed by atoms with Crippen molar-refractivity contribution in [2.45, 2.75) is 25.3 Å². The van der Waals surface area contributed by atoms with Gasteiger partial charge >= 0.3 is 0 Å². The number of benzene rings is 2. The van der Waals surface area contributed by atoms with Crippen LogP contribution in [0.4, 0.5) is 0 Å². The zero-order valence-corrected chi connectivity index (χ0v) is 17.6. The van der Waals surface area contributed by atoms with Crippen molar-refractivity contribution < 1.29 is 13.2 Å². The number of guanidine groups is 1. The molecule has 0 atom stereocenters. The van der Waals surface area contributed by atoms with Crippen molar-refractivity contribution in [1.82, 2.24) is 15.4 Å². The Bertz CT molecular complexity index is 927. The van der Waals surface area contributed by atoms with Crippen molar-refractivity contribution in [1.29, 1.82) is 0 Å². The van der Waals surface area contributed by atoms with Crippen LogP contribution in [0.25, 0.3) is 0 Å². The van der Waals surface area contributed by atoms with E-state index in [2.05, 4.69) is 20.3 Å². The number of hydrogen-bond acceptors (Lipinski definition) is 4. The molecule has 7 nitrogen and oxygen atoms in total. The second kappa shape index (κ2) is 10.1. The van der Waals surface area contributed by atoms with E-state index in [0.29, 0.717) is 23.9 Å². The summed E-state index contributed by atoms with van der Waals surface area (Å²) in [7, 11) is -0.246. The Labute approximate surface area is 167 Å². The van der Waals surface area contributed by atoms with Gasteiger partial charge in [0.25, 0.3) is 0 Å². The SMILES string of the molecule is CN=C(NCCNS(=O)(=O)c1cc(C)ccc1C)NCc1cccc(OC)c1. The van der Waals surface area contributed by atoms with Crippen LogP contribution in [0.3, 0.4) is 0 Å². The highest BCUT2D eigenvalue weighted by Gasteiger charge is 2.16. The lowest BCUT2D eigenvalue weighted by Crippen LogP contribution is -2.41. The monoisotopic (exact) mass is 404 g/mol. The Morgan fingerprint density at radius 3 is 2.57 bits per heavy atom. The van der Waals surface area contributed by atoms with Crippen LogP contribution in [0.5, 0.6) is 5.75 Å². The predicted molar refractivity (Wildman–Crippen MR) is 112 cm³/mol. The summed E-state index contributed by atoms with van der Waals surface area (Å²) in [6.45, 7) is 4.89. The molecule has 0 heterocycles. The second-order valence-electron chi connectivity index (χ2n) is 6.37. The van der Waals surface area contributed by atoms with Crippen LogP contribution in [0.15, 0.2) is 52.4 Å². The lowest BCUT2D eigenvalue weighted by Gasteiger charge is -2.14. The largest absolute Gasteiger partial charge is 0.497 e. The van der Waals surface area contributed by atoms with Crippen LogP contribution in [0.2, 0.25) is 0 Å². The maximum Gasteiger partial charge on any atom is 0.240 e. The number of nitrogens with zero attached hydrogens (tertiary/aromatic N) is 1. The molecule has 2 aromatic carbocycles. The number of nitrogens with one attached hydrogen (secondary N) is 3. The topological polar surface area (TPSA) is 91.8 Å². The highest BCUT2D eigenvalue weighted by Crippen LogP contribution is 2.16. The Morgan fingerprint density at radius 1 is 1.07 bits per heavy atom. The van der Waals surface area contributed by atoms with E-state index >= 15 is 0 Å². The number of methoxy groups -OCH3 is 1. The molecule has 0 radical (unpaired) electrons. The van der Waals surface area contributed by atoms with Crippen LogP contribution in [0, 0.1) is 13.8 Å². The van der Waals surface area contributed by atoms with E-state index in [-0.39, 0.29) is 6.54 Å². The fourth-order valence-corrected chi connectivity index (χ4v) is 3.99. The minimum absolute atomic E-state index is 0.246. The van der Waals surface area contributed by atoms with E-state index in [9.17, 15) is 8.42 Å². The molecule has 0 saturated heterocycles. The van der Waals surface area contributed by atoms with E-state index in [4.69, 9.17) is 4.74 Å². The molecule has 0 saturated carbocycles. The molecule has 8 heteroatoms. The average molecular weight is 405 g/mol. The van der Waals surface area contributed by atoms with Gasteiger partial charge in [-0.05, 0) is 48.7 Å². The third kappa shape index (κ3) is 6.24. The van der Waals surface area contributed by atoms with Gasteiger partial charge in [0.2, 0.25) is 10.0 Å². The quantitative estimate of drug-likeness (QED) is 0.355. The summed E-state index contributed by atoms with van der Waals surface area (Å²) in [5.41, 5.74) is 2.69. The first-order valence-electron chi connectivity index (χ1n) is 9.00. The van der Waals surface area contributed by atoms with Crippen molar-refractivity contribution >= 4 is 16.0 Å². The van der Waals surface area contributed by atoms with E-state index in [0.717, 1.165) is 22.4 Å². The number of aliphatic imine (C=N–C) groups is 1. The first-order chi connectivity index (χ1) is 13.4. The van der Waals surface area contributed by atoms with E-state index in [1.807, 2.05) is 43.3 Å². The molecule has 2 rings (SSSR count). The summed E-state index contributed by atoms with van der Waals surface area (Å²) in [5.74, 6) is 1.39. The van der Waals surface area contributed by atoms with E-state index in [1.54, 1.807) is 27.1 Å². The average Bonchev–Trinajstić information content (AvgIpc) is 2.69. The van der Waals surface area contributed by atoms with Gasteiger partial charge < -0.3 is 15.4 Å². The van der Waals surface area contributed by atoms with Gasteiger partial charge in [0.1, 0.15) is 5.75 Å². The summed E-state index contributed by atoms with van der Waals surface area (Å²) in [6, 6.07) is 13.1. The molecule has 0 spiro atoms. The van der Waals surface area contributed by atoms with Crippen LogP contribution in [-0.2, 0) is 16.6 Å². The van der Waals surface area contributed by atoms with Crippen LogP contribution >= 0.6 is 0 Å². The maximum atomic E-state index is 12.5. The minimum atomic E-state index is -3.55. The van der Waals surface area contributed by atoms with Gasteiger partial charge in [-0.3, -0.25) is 4.99 Å². The third-order valence-electron chi connectivity index (χ3n) is 4.16. The fraction of sp³-hybridized carbons (Fsp3) is 0.350. The summed E-state index contributed by atoms with van der Waals surface area (Å²) >= 11 is 0. The van der Waals surface area contributed by atoms with Gasteiger partial charge in [0, 0.05) is 26.7 Å². The lowest BCUT2D eigenvalue weighted by atomic mass is 10.2. The normalized spacial score (nSPS) is 11.9. The zero-order chi connectivity index (χ0) is 20.6. The highest BCUT2D eigenvalue weighted by atomic mass is 32.2. The molecule has 2 aromatic rings. The molecule has 0 aliphatic rings. The number of ether oxygens (including phenoxy) is 1. The Morgan fingerprint density at radius 2 is 1.86 bits per heavy atom. The summed E-state index contributed by atoms with van der Waals surface area (Å²) in [4.78, 5) is 4.46. The maximum absolute atomic E-state index is 12.5. The minimum Gasteiger partial charge on any atom is -0.497 e. The Kier molecular flexibility index (Phi) is 7.83. The number of rotatable bonds is 8. The van der Waals surface area contributed by atoms with E-state index in [1.165, 1.54) is 0 Å². The summed E-state index contributed by atoms with van der Waals surface area (Å²) in [6.07, 6.45) is 0. The molecule has 0 fully saturated rings. The van der Waals surface area contributed by atoms with Crippen LogP contribution < -0.4 is 20.1 Å². The first-order valence-corrected chi connectivity index (χ1v) is 10.5. The molecule has 0 aliphatic heterocycles. The molecule has 28 heavy (non-hydrogen) atoms. The Hall–Kier alpha value is -2.58. The third-order valence-corrected chi connectivity index (χ3v) is 5.76. The predicted octanol–water partition coefficient (Wildman–Crippen LogP) is 1.96. The van der Waals surface area contributed by atoms with Crippen molar-refractivity contribution in [2.24, 2.45) is 4.99 Å². The van der Waals surface area contributed by atoms with Gasteiger partial charge in [0.05, 0.1) is 12.0 Å². The van der Waals surface area contributed by atoms with Crippen LogP contribution in [-0.4, -0.2) is 41.6 Å². The van der Waals surface area contributed by atoms with Gasteiger partial charge in [-0.2, -0.15) is 0 Å². The molecule has 152 valence electrons. The molecule has 0 bridgehead atoms. The fourth-order valence-electron chi connectivity index (χ4n) is 2.63. The Balaban J connectivity index is 1.83. The van der Waals surface area contributed by atoms with E-state index < -0.39 is 10.0 Å². The lowest BCUT2D eigenvalue weighted by molar-refractivity contribution is 0.414. The molecular weight excluding hydrogens is 376 g/mol. The molecule has 3 N–H and O–H groups in total. The molecule has 0 aliphatic carbocycles. The highest BCUT2D eigenvalue weighted by molar-refractivity contribution is 7.89. The second-order valence-corrected chi connectivity index (χ2v) is 8.11. The smallest absolute Gasteiger partial charge is 0.240 e. The van der Waals surface area contributed by atoms with Crippen molar-refractivity contribution in [3.8, 4) is 5.75 Å². The zero-order valence-electron chi connectivity index (χ0n) is 16.7. The van der Waals surface area contributed by atoms with Gasteiger partial charge in [-0.1, -0.05) is 24.3 Å². The number of aryl methyl sites for hydroxylation is 2. The first kappa shape index (κ1) is 21.7. The number of hydrogen-bond donors (Lipinski definition) is 3. The molecular formula is C20H28N4O3S. The summed E-state index contributed by atoms with van der Waals surface area (Å²) < 4.78 is 32.8. The van der Waals surface area contributed by atoms with Crippen molar-refractivity contribution in [3.05, 3.63) is 59.2 Å². The standard InChI is InChI=1S/C20H28N4O3S/c1-15-8-9-16(2)19(12-15)28(25,26)24-11-10-22-20(21-3)23-14-17-6-5-7-18(13-17)27-4/h5-9,12-13,24H,10-11,14H2,1-4H3,(H2,21,22,23). The molecule has 0 unspecified atom stereocenters.